The Morgan fingerprint density at radius 3 is 0.729 bits per heavy atom. The van der Waals surface area contributed by atoms with Crippen LogP contribution in [0.4, 0.5) is 0 Å². The highest BCUT2D eigenvalue weighted by molar-refractivity contribution is 6.85. The van der Waals surface area contributed by atoms with Crippen molar-refractivity contribution in [3.63, 3.8) is 0 Å². The Kier molecular flexibility index (Phi) is 83.0. The fourth-order valence-electron chi connectivity index (χ4n) is 2.85. The highest BCUT2D eigenvalue weighted by atomic mass is 28.5. The van der Waals surface area contributed by atoms with Crippen molar-refractivity contribution in [2.45, 2.75) is 205 Å². The second-order valence-electron chi connectivity index (χ2n) is 13.9. The van der Waals surface area contributed by atoms with E-state index in [9.17, 15) is 0 Å². The first-order valence-electron chi connectivity index (χ1n) is 14.0. The lowest BCUT2D eigenvalue weighted by molar-refractivity contribution is 0.352. The summed E-state index contributed by atoms with van der Waals surface area (Å²) in [5.41, 5.74) is 0. The lowest BCUT2D eigenvalue weighted by Crippen LogP contribution is -2.49. The lowest BCUT2D eigenvalue weighted by Gasteiger charge is -2.34. The van der Waals surface area contributed by atoms with Crippen LogP contribution in [-0.2, 0) is 29.4 Å². The van der Waals surface area contributed by atoms with E-state index in [1.54, 1.807) is 14.2 Å². The van der Waals surface area contributed by atoms with Crippen LogP contribution < -0.4 is 0 Å². The van der Waals surface area contributed by atoms with Crippen molar-refractivity contribution >= 4 is 78.5 Å². The van der Waals surface area contributed by atoms with Crippen LogP contribution >= 0.6 is 0 Å². The molecule has 0 aliphatic rings. The van der Waals surface area contributed by atoms with Crippen molar-refractivity contribution < 1.29 is 29.4 Å². The number of hydrogen-bond acceptors (Lipinski definition) is 7. The minimum absolute atomic E-state index is 0. The summed E-state index contributed by atoms with van der Waals surface area (Å²) in [5, 5.41) is 0. The molecule has 0 aliphatic carbocycles. The third-order valence-corrected chi connectivity index (χ3v) is 26.3. The fraction of sp³-hybridized carbons (Fsp3) is 1.00. The third-order valence-electron chi connectivity index (χ3n) is 3.64. The summed E-state index contributed by atoms with van der Waals surface area (Å²) in [6, 6.07) is 0. The topological polar surface area (TPSA) is 64.6 Å². The van der Waals surface area contributed by atoms with Crippen molar-refractivity contribution in [1.82, 2.24) is 0 Å². The molecule has 316 valence electrons. The van der Waals surface area contributed by atoms with Crippen molar-refractivity contribution in [2.75, 3.05) is 14.2 Å². The number of rotatable bonds is 12. The maximum Gasteiger partial charge on any atom is 0.312 e. The van der Waals surface area contributed by atoms with E-state index in [-0.39, 0.29) is 74.3 Å². The summed E-state index contributed by atoms with van der Waals surface area (Å²) < 4.78 is 39.9. The van der Waals surface area contributed by atoms with E-state index >= 15 is 0 Å². The summed E-state index contributed by atoms with van der Waals surface area (Å²) in [5.74, 6) is 0. The normalized spacial score (nSPS) is 10.9. The molecule has 0 saturated heterocycles. The highest BCUT2D eigenvalue weighted by Gasteiger charge is 2.34. The maximum atomic E-state index is 6.14. The molecule has 0 aromatic rings. The van der Waals surface area contributed by atoms with Gasteiger partial charge in [-0.05, 0) is 131 Å². The van der Waals surface area contributed by atoms with E-state index in [4.69, 9.17) is 29.4 Å². The Morgan fingerprint density at radius 1 is 0.333 bits per heavy atom. The lowest BCUT2D eigenvalue weighted by atomic mass is 11.8. The molecule has 1 unspecified atom stereocenters. The minimum atomic E-state index is -1.98. The van der Waals surface area contributed by atoms with Crippen LogP contribution in [0, 0.1) is 0 Å². The molecular weight excluding hydrogens is 749 g/mol. The van der Waals surface area contributed by atoms with Crippen molar-refractivity contribution in [2.24, 2.45) is 0 Å². The average molecular weight is 860 g/mol. The smallest absolute Gasteiger partial charge is 0.312 e. The molecular formula is C32H110O7Si9. The van der Waals surface area contributed by atoms with Crippen LogP contribution in [0.1, 0.15) is 74.3 Å². The quantitative estimate of drug-likeness (QED) is 0.181. The zero-order chi connectivity index (χ0) is 31.8. The first-order chi connectivity index (χ1) is 16.5. The van der Waals surface area contributed by atoms with Crippen LogP contribution in [0.2, 0.25) is 131 Å². The molecule has 0 bridgehead atoms. The maximum absolute atomic E-state index is 6.14. The Labute approximate surface area is 325 Å². The van der Waals surface area contributed by atoms with E-state index in [0.29, 0.717) is 0 Å². The predicted octanol–water partition coefficient (Wildman–Crippen LogP) is 13.4. The fourth-order valence-corrected chi connectivity index (χ4v) is 27.0. The van der Waals surface area contributed by atoms with Gasteiger partial charge in [0.1, 0.15) is 0 Å². The van der Waals surface area contributed by atoms with Crippen LogP contribution in [-0.4, -0.2) is 92.7 Å². The van der Waals surface area contributed by atoms with Crippen LogP contribution in [0.15, 0.2) is 0 Å². The van der Waals surface area contributed by atoms with Crippen LogP contribution in [0.25, 0.3) is 0 Å². The van der Waals surface area contributed by atoms with Gasteiger partial charge in [0.15, 0.2) is 52.1 Å². The highest BCUT2D eigenvalue weighted by Crippen LogP contribution is 2.18. The van der Waals surface area contributed by atoms with Gasteiger partial charge in [0.25, 0.3) is 9.28 Å². The molecule has 0 aromatic heterocycles. The van der Waals surface area contributed by atoms with Gasteiger partial charge in [0.05, 0.1) is 0 Å². The van der Waals surface area contributed by atoms with Gasteiger partial charge in [0.2, 0.25) is 0 Å². The Hall–Kier alpha value is 1.67. The van der Waals surface area contributed by atoms with E-state index in [2.05, 4.69) is 131 Å². The van der Waals surface area contributed by atoms with Crippen molar-refractivity contribution in [3.8, 4) is 0 Å². The molecule has 0 aliphatic heterocycles. The third kappa shape index (κ3) is 97.3. The van der Waals surface area contributed by atoms with Gasteiger partial charge in [-0.15, -0.1) is 0 Å². The summed E-state index contributed by atoms with van der Waals surface area (Å²) in [4.78, 5) is 0. The molecule has 1 atom stereocenters. The van der Waals surface area contributed by atoms with Crippen molar-refractivity contribution in [3.05, 3.63) is 0 Å². The van der Waals surface area contributed by atoms with Gasteiger partial charge in [-0.25, -0.2) is 0 Å². The van der Waals surface area contributed by atoms with Crippen LogP contribution in [0.3, 0.4) is 0 Å². The van der Waals surface area contributed by atoms with Crippen LogP contribution in [0.5, 0.6) is 0 Å². The van der Waals surface area contributed by atoms with E-state index in [1.807, 2.05) is 0 Å². The molecule has 0 spiro atoms. The first kappa shape index (κ1) is 92.5. The molecule has 0 fully saturated rings. The Bertz CT molecular complexity index is 556. The molecule has 0 radical (unpaired) electrons. The number of hydrogen-bond donors (Lipinski definition) is 0. The van der Waals surface area contributed by atoms with Crippen molar-refractivity contribution in [1.29, 1.82) is 0 Å². The molecule has 0 amide bonds. The van der Waals surface area contributed by atoms with E-state index < -0.39 is 78.5 Å². The predicted molar refractivity (Wildman–Crippen MR) is 261 cm³/mol. The summed E-state index contributed by atoms with van der Waals surface area (Å²) in [6.45, 7) is 43.4. The average Bonchev–Trinajstić information content (AvgIpc) is 2.55. The van der Waals surface area contributed by atoms with Gasteiger partial charge in [-0.2, -0.15) is 0 Å². The molecule has 16 heteroatoms. The zero-order valence-corrected chi connectivity index (χ0v) is 39.3. The molecule has 7 nitrogen and oxygen atoms in total. The van der Waals surface area contributed by atoms with E-state index in [1.165, 1.54) is 0 Å². The molecule has 48 heavy (non-hydrogen) atoms. The Balaban J connectivity index is -0.0000000269. The molecule has 0 N–H and O–H groups in total. The minimum Gasteiger partial charge on any atom is -0.440 e. The summed E-state index contributed by atoms with van der Waals surface area (Å²) in [6.07, 6.45) is 0. The second-order valence-corrected chi connectivity index (χ2v) is 45.0. The zero-order valence-electron chi connectivity index (χ0n) is 29.7. The molecule has 0 rings (SSSR count). The Morgan fingerprint density at radius 2 is 0.583 bits per heavy atom. The monoisotopic (exact) mass is 859 g/mol. The first-order valence-corrected chi connectivity index (χ1v) is 40.3. The summed E-state index contributed by atoms with van der Waals surface area (Å²) in [7, 11) is -8.22. The van der Waals surface area contributed by atoms with Gasteiger partial charge >= 0.3 is 17.1 Å². The SMILES string of the molecule is C.C.C.C.C.C.C.C.C.C.CO[SiH](C)C.CO[Si](C)(C)C.C[SiH](C)O[Si](C)(C)O[SiH](C)C.C[SiH](O[Si](C)(C)C)O[Si](C)(C)O[Si](C)(C)C. The van der Waals surface area contributed by atoms with Gasteiger partial charge < -0.3 is 29.4 Å². The largest absolute Gasteiger partial charge is 0.440 e. The molecule has 0 heterocycles. The van der Waals surface area contributed by atoms with Gasteiger partial charge in [-0.1, -0.05) is 74.3 Å². The molecule has 0 saturated carbocycles. The summed E-state index contributed by atoms with van der Waals surface area (Å²) >= 11 is 0. The molecule has 0 aromatic carbocycles. The standard InChI is InChI=1S/C9H28O3Si4.C6H20O2Si3.C4H12OSi.C3H10OSi.10CH4/c1-13(10-14(2,3)4)11-16(8,9)12-15(5,6)7;1-9(2)7-11(5,6)8-10(3)4;1-5-6(2,3)4;1-4-5(2)3;;;;;;;;;;/h13H,1-9H3;9-10H,1-6H3;1-4H3;5H,1-3H3;10*1H4. The second kappa shape index (κ2) is 43.1. The van der Waals surface area contributed by atoms with Gasteiger partial charge in [-0.3, -0.25) is 0 Å². The van der Waals surface area contributed by atoms with E-state index in [0.717, 1.165) is 0 Å². The van der Waals surface area contributed by atoms with Gasteiger partial charge in [0, 0.05) is 14.2 Å².